The standard InChI is InChI=1S/C13H16BrN3O2/c1-3-18-7-11(15)12-16-13(19-17-12)10-6-9(14)5-4-8(10)2/h4-6,11H,3,7,15H2,1-2H3. The van der Waals surface area contributed by atoms with Crippen LogP contribution in [0.3, 0.4) is 0 Å². The Balaban J connectivity index is 2.23. The predicted molar refractivity (Wildman–Crippen MR) is 75.6 cm³/mol. The summed E-state index contributed by atoms with van der Waals surface area (Å²) in [6.07, 6.45) is 0. The predicted octanol–water partition coefficient (Wildman–Crippen LogP) is 2.84. The van der Waals surface area contributed by atoms with E-state index in [1.807, 2.05) is 32.0 Å². The van der Waals surface area contributed by atoms with Crippen LogP contribution in [0.15, 0.2) is 27.2 Å². The van der Waals surface area contributed by atoms with Crippen LogP contribution < -0.4 is 5.73 Å². The molecule has 0 aliphatic heterocycles. The van der Waals surface area contributed by atoms with Crippen molar-refractivity contribution < 1.29 is 9.26 Å². The maximum absolute atomic E-state index is 5.92. The first-order chi connectivity index (χ1) is 9.11. The topological polar surface area (TPSA) is 74.2 Å². The molecule has 102 valence electrons. The number of aromatic nitrogens is 2. The van der Waals surface area contributed by atoms with Crippen LogP contribution in [-0.4, -0.2) is 23.4 Å². The minimum absolute atomic E-state index is 0.370. The third-order valence-electron chi connectivity index (χ3n) is 2.70. The molecule has 0 radical (unpaired) electrons. The molecule has 0 fully saturated rings. The van der Waals surface area contributed by atoms with Crippen LogP contribution in [0.2, 0.25) is 0 Å². The zero-order chi connectivity index (χ0) is 13.8. The van der Waals surface area contributed by atoms with Gasteiger partial charge in [-0.05, 0) is 31.5 Å². The summed E-state index contributed by atoms with van der Waals surface area (Å²) in [5.41, 5.74) is 7.89. The van der Waals surface area contributed by atoms with Crippen molar-refractivity contribution in [1.82, 2.24) is 10.1 Å². The number of hydrogen-bond acceptors (Lipinski definition) is 5. The molecule has 1 aromatic carbocycles. The number of hydrogen-bond donors (Lipinski definition) is 1. The summed E-state index contributed by atoms with van der Waals surface area (Å²) in [6, 6.07) is 5.53. The quantitative estimate of drug-likeness (QED) is 0.914. The molecule has 1 unspecified atom stereocenters. The highest BCUT2D eigenvalue weighted by atomic mass is 79.9. The molecule has 2 N–H and O–H groups in total. The van der Waals surface area contributed by atoms with E-state index in [1.165, 1.54) is 0 Å². The molecule has 0 bridgehead atoms. The van der Waals surface area contributed by atoms with Crippen molar-refractivity contribution in [3.05, 3.63) is 34.1 Å². The monoisotopic (exact) mass is 325 g/mol. The second-order valence-corrected chi connectivity index (χ2v) is 5.10. The van der Waals surface area contributed by atoms with E-state index in [-0.39, 0.29) is 6.04 Å². The highest BCUT2D eigenvalue weighted by Crippen LogP contribution is 2.26. The van der Waals surface area contributed by atoms with E-state index in [4.69, 9.17) is 15.0 Å². The van der Waals surface area contributed by atoms with Crippen molar-refractivity contribution in [2.24, 2.45) is 5.73 Å². The molecule has 2 aromatic rings. The van der Waals surface area contributed by atoms with Gasteiger partial charge in [-0.15, -0.1) is 0 Å². The van der Waals surface area contributed by atoms with Crippen molar-refractivity contribution >= 4 is 15.9 Å². The molecule has 1 atom stereocenters. The number of halogens is 1. The normalized spacial score (nSPS) is 12.6. The smallest absolute Gasteiger partial charge is 0.258 e. The number of nitrogens with zero attached hydrogens (tertiary/aromatic N) is 2. The highest BCUT2D eigenvalue weighted by molar-refractivity contribution is 9.10. The third-order valence-corrected chi connectivity index (χ3v) is 3.20. The van der Waals surface area contributed by atoms with Crippen LogP contribution in [0, 0.1) is 6.92 Å². The summed E-state index contributed by atoms with van der Waals surface area (Å²) < 4.78 is 11.5. The van der Waals surface area contributed by atoms with Crippen LogP contribution in [0.1, 0.15) is 24.4 Å². The highest BCUT2D eigenvalue weighted by Gasteiger charge is 2.16. The minimum atomic E-state index is -0.370. The molecule has 19 heavy (non-hydrogen) atoms. The summed E-state index contributed by atoms with van der Waals surface area (Å²) in [5, 5.41) is 3.91. The van der Waals surface area contributed by atoms with E-state index in [2.05, 4.69) is 26.1 Å². The summed E-state index contributed by atoms with van der Waals surface area (Å²) in [5.74, 6) is 0.934. The fraction of sp³-hybridized carbons (Fsp3) is 0.385. The Labute approximate surface area is 120 Å². The number of benzene rings is 1. The fourth-order valence-electron chi connectivity index (χ4n) is 1.64. The summed E-state index contributed by atoms with van der Waals surface area (Å²) in [7, 11) is 0. The van der Waals surface area contributed by atoms with E-state index < -0.39 is 0 Å². The largest absolute Gasteiger partial charge is 0.380 e. The summed E-state index contributed by atoms with van der Waals surface area (Å²) >= 11 is 3.43. The van der Waals surface area contributed by atoms with Gasteiger partial charge in [0.15, 0.2) is 5.82 Å². The molecular weight excluding hydrogens is 310 g/mol. The van der Waals surface area contributed by atoms with Gasteiger partial charge >= 0.3 is 0 Å². The third kappa shape index (κ3) is 3.40. The maximum atomic E-state index is 5.92. The molecular formula is C13H16BrN3O2. The first-order valence-corrected chi connectivity index (χ1v) is 6.84. The van der Waals surface area contributed by atoms with Gasteiger partial charge in [0.1, 0.15) is 0 Å². The van der Waals surface area contributed by atoms with Gasteiger partial charge in [-0.1, -0.05) is 27.2 Å². The van der Waals surface area contributed by atoms with Crippen LogP contribution in [-0.2, 0) is 4.74 Å². The number of ether oxygens (including phenoxy) is 1. The molecule has 0 spiro atoms. The van der Waals surface area contributed by atoms with Gasteiger partial charge in [0.05, 0.1) is 12.6 Å². The van der Waals surface area contributed by atoms with E-state index in [0.29, 0.717) is 24.9 Å². The van der Waals surface area contributed by atoms with Gasteiger partial charge in [-0.2, -0.15) is 4.98 Å². The molecule has 0 saturated carbocycles. The molecule has 0 amide bonds. The van der Waals surface area contributed by atoms with Crippen molar-refractivity contribution in [3.63, 3.8) is 0 Å². The van der Waals surface area contributed by atoms with Crippen LogP contribution in [0.25, 0.3) is 11.5 Å². The fourth-order valence-corrected chi connectivity index (χ4v) is 2.00. The molecule has 0 saturated heterocycles. The second-order valence-electron chi connectivity index (χ2n) is 4.18. The summed E-state index contributed by atoms with van der Waals surface area (Å²) in [4.78, 5) is 4.33. The van der Waals surface area contributed by atoms with E-state index in [0.717, 1.165) is 15.6 Å². The van der Waals surface area contributed by atoms with Crippen molar-refractivity contribution in [2.75, 3.05) is 13.2 Å². The van der Waals surface area contributed by atoms with Crippen LogP contribution in [0.4, 0.5) is 0 Å². The van der Waals surface area contributed by atoms with Gasteiger partial charge in [-0.3, -0.25) is 0 Å². The Morgan fingerprint density at radius 1 is 1.47 bits per heavy atom. The Morgan fingerprint density at radius 3 is 3.00 bits per heavy atom. The molecule has 2 rings (SSSR count). The number of rotatable bonds is 5. The van der Waals surface area contributed by atoms with E-state index in [1.54, 1.807) is 0 Å². The Kier molecular flexibility index (Phi) is 4.68. The Bertz CT molecular complexity index is 557. The zero-order valence-electron chi connectivity index (χ0n) is 10.9. The maximum Gasteiger partial charge on any atom is 0.258 e. The lowest BCUT2D eigenvalue weighted by molar-refractivity contribution is 0.130. The SMILES string of the molecule is CCOCC(N)c1noc(-c2cc(Br)ccc2C)n1. The molecule has 5 nitrogen and oxygen atoms in total. The lowest BCUT2D eigenvalue weighted by atomic mass is 10.1. The first kappa shape index (κ1) is 14.2. The zero-order valence-corrected chi connectivity index (χ0v) is 12.5. The Hall–Kier alpha value is -1.24. The average molecular weight is 326 g/mol. The Morgan fingerprint density at radius 2 is 2.26 bits per heavy atom. The molecule has 1 aromatic heterocycles. The van der Waals surface area contributed by atoms with Crippen molar-refractivity contribution in [2.45, 2.75) is 19.9 Å². The van der Waals surface area contributed by atoms with Crippen LogP contribution >= 0.6 is 15.9 Å². The van der Waals surface area contributed by atoms with Crippen molar-refractivity contribution in [1.29, 1.82) is 0 Å². The van der Waals surface area contributed by atoms with E-state index in [9.17, 15) is 0 Å². The number of aryl methyl sites for hydroxylation is 1. The molecule has 6 heteroatoms. The lowest BCUT2D eigenvalue weighted by Gasteiger charge is -2.05. The van der Waals surface area contributed by atoms with Gasteiger partial charge in [0.25, 0.3) is 5.89 Å². The van der Waals surface area contributed by atoms with Gasteiger partial charge in [0.2, 0.25) is 0 Å². The van der Waals surface area contributed by atoms with Gasteiger partial charge < -0.3 is 15.0 Å². The summed E-state index contributed by atoms with van der Waals surface area (Å²) in [6.45, 7) is 4.90. The van der Waals surface area contributed by atoms with Crippen LogP contribution in [0.5, 0.6) is 0 Å². The van der Waals surface area contributed by atoms with E-state index >= 15 is 0 Å². The lowest BCUT2D eigenvalue weighted by Crippen LogP contribution is -2.18. The second kappa shape index (κ2) is 6.27. The average Bonchev–Trinajstić information content (AvgIpc) is 2.88. The minimum Gasteiger partial charge on any atom is -0.380 e. The molecule has 1 heterocycles. The van der Waals surface area contributed by atoms with Gasteiger partial charge in [0, 0.05) is 16.6 Å². The molecule has 0 aliphatic carbocycles. The first-order valence-electron chi connectivity index (χ1n) is 6.05. The van der Waals surface area contributed by atoms with Crippen molar-refractivity contribution in [3.8, 4) is 11.5 Å². The van der Waals surface area contributed by atoms with Gasteiger partial charge in [-0.25, -0.2) is 0 Å². The molecule has 0 aliphatic rings. The number of nitrogens with two attached hydrogens (primary N) is 1.